The lowest BCUT2D eigenvalue weighted by molar-refractivity contribution is -0.132. The molecule has 0 bridgehead atoms. The highest BCUT2D eigenvalue weighted by Crippen LogP contribution is 2.34. The normalized spacial score (nSPS) is 17.2. The van der Waals surface area contributed by atoms with Gasteiger partial charge in [0.05, 0.1) is 24.3 Å². The Bertz CT molecular complexity index is 924. The molecule has 0 saturated carbocycles. The molecule has 0 spiro atoms. The molecule has 0 unspecified atom stereocenters. The number of benzene rings is 2. The van der Waals surface area contributed by atoms with E-state index in [1.807, 2.05) is 41.3 Å². The number of carbonyl (C=O) groups excluding carboxylic acids is 3. The van der Waals surface area contributed by atoms with Crippen LogP contribution in [0.15, 0.2) is 53.0 Å². The zero-order valence-electron chi connectivity index (χ0n) is 15.3. The van der Waals surface area contributed by atoms with Crippen LogP contribution < -0.4 is 4.90 Å². The number of ketones is 1. The summed E-state index contributed by atoms with van der Waals surface area (Å²) >= 11 is 3.36. The van der Waals surface area contributed by atoms with E-state index >= 15 is 0 Å². The Kier molecular flexibility index (Phi) is 5.28. The van der Waals surface area contributed by atoms with Crippen LogP contribution in [0.4, 0.5) is 5.69 Å². The van der Waals surface area contributed by atoms with Crippen molar-refractivity contribution in [2.24, 2.45) is 0 Å². The van der Waals surface area contributed by atoms with Crippen molar-refractivity contribution in [2.45, 2.75) is 6.42 Å². The third-order valence-corrected chi connectivity index (χ3v) is 5.87. The van der Waals surface area contributed by atoms with Crippen molar-refractivity contribution < 1.29 is 14.4 Å². The van der Waals surface area contributed by atoms with Crippen LogP contribution in [-0.2, 0) is 16.0 Å². The van der Waals surface area contributed by atoms with Crippen LogP contribution in [0.3, 0.4) is 0 Å². The van der Waals surface area contributed by atoms with Crippen molar-refractivity contribution in [3.63, 3.8) is 0 Å². The van der Waals surface area contributed by atoms with Crippen LogP contribution in [0, 0.1) is 0 Å². The monoisotopic (exact) mass is 441 g/mol. The average Bonchev–Trinajstić information content (AvgIpc) is 2.95. The molecule has 2 aliphatic rings. The van der Waals surface area contributed by atoms with Crippen molar-refractivity contribution in [3.05, 3.63) is 64.1 Å². The summed E-state index contributed by atoms with van der Waals surface area (Å²) in [6.07, 6.45) is 0.404. The van der Waals surface area contributed by atoms with E-state index in [0.29, 0.717) is 55.0 Å². The van der Waals surface area contributed by atoms with Gasteiger partial charge in [0.1, 0.15) is 0 Å². The molecular weight excluding hydrogens is 422 g/mol. The van der Waals surface area contributed by atoms with Gasteiger partial charge in [-0.25, -0.2) is 0 Å². The fourth-order valence-corrected chi connectivity index (χ4v) is 4.20. The van der Waals surface area contributed by atoms with Crippen LogP contribution in [-0.4, -0.2) is 60.2 Å². The maximum atomic E-state index is 12.5. The Hall–Kier alpha value is -2.51. The number of hydrogen-bond donors (Lipinski definition) is 0. The first kappa shape index (κ1) is 18.8. The lowest BCUT2D eigenvalue weighted by atomic mass is 10.1. The van der Waals surface area contributed by atoms with E-state index in [2.05, 4.69) is 20.8 Å². The number of amides is 2. The Morgan fingerprint density at radius 3 is 2.36 bits per heavy atom. The highest BCUT2D eigenvalue weighted by molar-refractivity contribution is 9.10. The minimum absolute atomic E-state index is 0.118. The minimum Gasteiger partial charge on any atom is -0.340 e. The topological polar surface area (TPSA) is 60.9 Å². The van der Waals surface area contributed by atoms with Crippen molar-refractivity contribution in [3.8, 4) is 0 Å². The molecule has 0 atom stereocenters. The van der Waals surface area contributed by atoms with Gasteiger partial charge in [0.15, 0.2) is 0 Å². The molecule has 2 heterocycles. The first-order valence-electron chi connectivity index (χ1n) is 9.23. The van der Waals surface area contributed by atoms with Crippen LogP contribution in [0.25, 0.3) is 0 Å². The summed E-state index contributed by atoms with van der Waals surface area (Å²) in [5, 5.41) is 0. The number of halogens is 1. The average molecular weight is 442 g/mol. The zero-order valence-corrected chi connectivity index (χ0v) is 16.9. The van der Waals surface area contributed by atoms with Crippen molar-refractivity contribution in [2.75, 3.05) is 37.7 Å². The molecule has 1 fully saturated rings. The minimum atomic E-state index is -0.496. The lowest BCUT2D eigenvalue weighted by Gasteiger charge is -2.36. The maximum absolute atomic E-state index is 12.5. The highest BCUT2D eigenvalue weighted by Gasteiger charge is 2.38. The molecule has 6 nitrogen and oxygen atoms in total. The number of anilines is 1. The zero-order chi connectivity index (χ0) is 19.7. The first-order valence-corrected chi connectivity index (χ1v) is 10.0. The smallest absolute Gasteiger partial charge is 0.300 e. The van der Waals surface area contributed by atoms with Gasteiger partial charge in [-0.3, -0.25) is 24.2 Å². The van der Waals surface area contributed by atoms with Gasteiger partial charge in [-0.1, -0.05) is 36.4 Å². The summed E-state index contributed by atoms with van der Waals surface area (Å²) in [5.74, 6) is -0.851. The lowest BCUT2D eigenvalue weighted by Crippen LogP contribution is -2.52. The summed E-state index contributed by atoms with van der Waals surface area (Å²) in [4.78, 5) is 42.7. The molecule has 2 aromatic rings. The molecule has 2 aromatic carbocycles. The van der Waals surface area contributed by atoms with Crippen molar-refractivity contribution in [1.29, 1.82) is 0 Å². The molecule has 0 aromatic heterocycles. The van der Waals surface area contributed by atoms with E-state index in [1.165, 1.54) is 4.90 Å². The largest absolute Gasteiger partial charge is 0.340 e. The van der Waals surface area contributed by atoms with Crippen LogP contribution in [0.2, 0.25) is 0 Å². The third kappa shape index (κ3) is 3.59. The van der Waals surface area contributed by atoms with Gasteiger partial charge in [-0.15, -0.1) is 0 Å². The second-order valence-corrected chi connectivity index (χ2v) is 7.85. The van der Waals surface area contributed by atoms with E-state index < -0.39 is 11.7 Å². The number of nitrogens with zero attached hydrogens (tertiary/aromatic N) is 3. The molecule has 0 aliphatic carbocycles. The Labute approximate surface area is 171 Å². The standard InChI is InChI=1S/C21H20BrN3O3/c22-16-7-4-8-17-19(16)20(27)21(28)25(17)14-23-9-11-24(12-10-23)18(26)13-15-5-2-1-3-6-15/h1-8H,9-14H2. The van der Waals surface area contributed by atoms with Gasteiger partial charge in [0.2, 0.25) is 5.91 Å². The molecule has 2 aliphatic heterocycles. The first-order chi connectivity index (χ1) is 13.5. The number of hydrogen-bond acceptors (Lipinski definition) is 4. The molecular formula is C21H20BrN3O3. The Balaban J connectivity index is 1.36. The summed E-state index contributed by atoms with van der Waals surface area (Å²) in [7, 11) is 0. The SMILES string of the molecule is O=C1C(=O)N(CN2CCN(C(=O)Cc3ccccc3)CC2)c2cccc(Br)c21. The summed E-state index contributed by atoms with van der Waals surface area (Å²) in [5.41, 5.74) is 2.09. The van der Waals surface area contributed by atoms with Crippen molar-refractivity contribution in [1.82, 2.24) is 9.80 Å². The summed E-state index contributed by atoms with van der Waals surface area (Å²) < 4.78 is 0.641. The molecule has 144 valence electrons. The number of fused-ring (bicyclic) bond motifs is 1. The van der Waals surface area contributed by atoms with E-state index in [-0.39, 0.29) is 5.91 Å². The quantitative estimate of drug-likeness (QED) is 0.683. The maximum Gasteiger partial charge on any atom is 0.300 e. The van der Waals surface area contributed by atoms with Gasteiger partial charge >= 0.3 is 5.91 Å². The highest BCUT2D eigenvalue weighted by atomic mass is 79.9. The molecule has 7 heteroatoms. The second-order valence-electron chi connectivity index (χ2n) is 7.00. The van der Waals surface area contributed by atoms with Gasteiger partial charge < -0.3 is 4.90 Å². The van der Waals surface area contributed by atoms with Gasteiger partial charge in [-0.2, -0.15) is 0 Å². The fraction of sp³-hybridized carbons (Fsp3) is 0.286. The number of Topliss-reactive ketones (excluding diaryl/α,β-unsaturated/α-hetero) is 1. The number of piperazine rings is 1. The van der Waals surface area contributed by atoms with E-state index in [9.17, 15) is 14.4 Å². The second kappa shape index (κ2) is 7.85. The van der Waals surface area contributed by atoms with Gasteiger partial charge in [-0.05, 0) is 33.6 Å². The van der Waals surface area contributed by atoms with E-state index in [0.717, 1.165) is 5.56 Å². The summed E-state index contributed by atoms with van der Waals surface area (Å²) in [6, 6.07) is 15.1. The molecule has 2 amide bonds. The van der Waals surface area contributed by atoms with Crippen LogP contribution >= 0.6 is 15.9 Å². The predicted molar refractivity (Wildman–Crippen MR) is 109 cm³/mol. The third-order valence-electron chi connectivity index (χ3n) is 5.21. The summed E-state index contributed by atoms with van der Waals surface area (Å²) in [6.45, 7) is 2.93. The van der Waals surface area contributed by atoms with Gasteiger partial charge in [0.25, 0.3) is 5.78 Å². The van der Waals surface area contributed by atoms with Crippen LogP contribution in [0.5, 0.6) is 0 Å². The number of carbonyl (C=O) groups is 3. The molecule has 1 saturated heterocycles. The molecule has 0 N–H and O–H groups in total. The van der Waals surface area contributed by atoms with Crippen molar-refractivity contribution >= 4 is 39.2 Å². The predicted octanol–water partition coefficient (Wildman–Crippen LogP) is 2.32. The molecule has 28 heavy (non-hydrogen) atoms. The van der Waals surface area contributed by atoms with Crippen LogP contribution in [0.1, 0.15) is 15.9 Å². The Morgan fingerprint density at radius 2 is 1.64 bits per heavy atom. The fourth-order valence-electron chi connectivity index (χ4n) is 3.66. The van der Waals surface area contributed by atoms with E-state index in [1.54, 1.807) is 12.1 Å². The number of rotatable bonds is 4. The molecule has 0 radical (unpaired) electrons. The van der Waals surface area contributed by atoms with E-state index in [4.69, 9.17) is 0 Å². The van der Waals surface area contributed by atoms with Gasteiger partial charge in [0, 0.05) is 30.7 Å². The Morgan fingerprint density at radius 1 is 0.929 bits per heavy atom. The molecule has 4 rings (SSSR count).